The van der Waals surface area contributed by atoms with Gasteiger partial charge in [-0.2, -0.15) is 0 Å². The summed E-state index contributed by atoms with van der Waals surface area (Å²) in [5.74, 6) is 2.22. The Morgan fingerprint density at radius 1 is 0.952 bits per heavy atom. The van der Waals surface area contributed by atoms with Crippen LogP contribution in [0.2, 0.25) is 0 Å². The molecule has 0 radical (unpaired) electrons. The van der Waals surface area contributed by atoms with Crippen molar-refractivity contribution in [3.63, 3.8) is 0 Å². The normalized spacial score (nSPS) is 11.3. The van der Waals surface area contributed by atoms with Gasteiger partial charge in [-0.25, -0.2) is 0 Å². The predicted molar refractivity (Wildman–Crippen MR) is 87.4 cm³/mol. The van der Waals surface area contributed by atoms with Gasteiger partial charge in [0.2, 0.25) is 0 Å². The van der Waals surface area contributed by atoms with Gasteiger partial charge in [0.1, 0.15) is 17.2 Å². The molecule has 0 atom stereocenters. The lowest BCUT2D eigenvalue weighted by atomic mass is 9.85. The summed E-state index contributed by atoms with van der Waals surface area (Å²) in [6.45, 7) is 8.61. The van der Waals surface area contributed by atoms with Gasteiger partial charge in [0, 0.05) is 29.4 Å². The largest absolute Gasteiger partial charge is 0.497 e. The van der Waals surface area contributed by atoms with Crippen molar-refractivity contribution < 1.29 is 9.47 Å². The second-order valence-electron chi connectivity index (χ2n) is 6.29. The number of aryl methyl sites for hydroxylation is 1. The third-order valence-electron chi connectivity index (χ3n) is 3.31. The first-order chi connectivity index (χ1) is 9.79. The molecule has 0 aliphatic heterocycles. The molecule has 0 aliphatic rings. The third-order valence-corrected chi connectivity index (χ3v) is 3.31. The number of ether oxygens (including phenoxy) is 2. The van der Waals surface area contributed by atoms with Gasteiger partial charge in [0.05, 0.1) is 7.11 Å². The predicted octanol–water partition coefficient (Wildman–Crippen LogP) is 4.68. The minimum Gasteiger partial charge on any atom is -0.497 e. The molecule has 2 aromatic carbocycles. The number of benzene rings is 2. The fourth-order valence-corrected chi connectivity index (χ4v) is 2.22. The van der Waals surface area contributed by atoms with Crippen LogP contribution in [0.5, 0.6) is 17.2 Å². The first-order valence-corrected chi connectivity index (χ1v) is 7.03. The van der Waals surface area contributed by atoms with E-state index in [9.17, 15) is 0 Å². The Kier molecular flexibility index (Phi) is 4.12. The molecule has 0 bridgehead atoms. The van der Waals surface area contributed by atoms with Crippen LogP contribution in [-0.2, 0) is 5.41 Å². The monoisotopic (exact) mass is 285 g/mol. The maximum Gasteiger partial charge on any atom is 0.133 e. The van der Waals surface area contributed by atoms with Crippen LogP contribution >= 0.6 is 0 Å². The minimum absolute atomic E-state index is 0.00572. The molecule has 0 saturated carbocycles. The third kappa shape index (κ3) is 3.69. The van der Waals surface area contributed by atoms with Crippen molar-refractivity contribution in [1.82, 2.24) is 0 Å². The van der Waals surface area contributed by atoms with E-state index in [0.717, 1.165) is 5.75 Å². The molecule has 0 unspecified atom stereocenters. The molecule has 0 saturated heterocycles. The van der Waals surface area contributed by atoms with Crippen LogP contribution in [0.15, 0.2) is 36.4 Å². The van der Waals surface area contributed by atoms with E-state index in [1.807, 2.05) is 18.2 Å². The molecule has 0 spiro atoms. The first kappa shape index (κ1) is 15.2. The minimum atomic E-state index is 0.00572. The zero-order valence-corrected chi connectivity index (χ0v) is 13.4. The molecule has 0 aliphatic carbocycles. The van der Waals surface area contributed by atoms with Crippen molar-refractivity contribution >= 4 is 5.69 Å². The van der Waals surface area contributed by atoms with E-state index in [-0.39, 0.29) is 5.41 Å². The van der Waals surface area contributed by atoms with Crippen LogP contribution in [0, 0.1) is 6.92 Å². The number of methoxy groups -OCH3 is 1. The first-order valence-electron chi connectivity index (χ1n) is 7.03. The van der Waals surface area contributed by atoms with Gasteiger partial charge in [-0.1, -0.05) is 38.5 Å². The fraction of sp³-hybridized carbons (Fsp3) is 0.333. The second kappa shape index (κ2) is 5.68. The standard InChI is InChI=1S/C18H23NO2/c1-12-6-7-17(16(8-12)18(2,3)4)21-15-10-13(19)9-14(11-15)20-5/h6-11H,19H2,1-5H3. The Morgan fingerprint density at radius 3 is 2.24 bits per heavy atom. The van der Waals surface area contributed by atoms with Gasteiger partial charge in [0.15, 0.2) is 0 Å². The highest BCUT2D eigenvalue weighted by Crippen LogP contribution is 2.36. The number of anilines is 1. The zero-order valence-electron chi connectivity index (χ0n) is 13.4. The van der Waals surface area contributed by atoms with Crippen LogP contribution in [0.25, 0.3) is 0 Å². The average Bonchev–Trinajstić information content (AvgIpc) is 2.39. The molecule has 0 fully saturated rings. The molecule has 2 N–H and O–H groups in total. The summed E-state index contributed by atoms with van der Waals surface area (Å²) in [5, 5.41) is 0. The van der Waals surface area contributed by atoms with Gasteiger partial charge in [0.25, 0.3) is 0 Å². The van der Waals surface area contributed by atoms with Crippen LogP contribution < -0.4 is 15.2 Å². The lowest BCUT2D eigenvalue weighted by Gasteiger charge is -2.23. The van der Waals surface area contributed by atoms with Crippen LogP contribution in [0.1, 0.15) is 31.9 Å². The summed E-state index contributed by atoms with van der Waals surface area (Å²) in [7, 11) is 1.62. The van der Waals surface area contributed by atoms with Gasteiger partial charge < -0.3 is 15.2 Å². The second-order valence-corrected chi connectivity index (χ2v) is 6.29. The maximum atomic E-state index is 6.05. The molecule has 21 heavy (non-hydrogen) atoms. The lowest BCUT2D eigenvalue weighted by molar-refractivity contribution is 0.407. The summed E-state index contributed by atoms with van der Waals surface area (Å²) in [4.78, 5) is 0. The number of rotatable bonds is 3. The zero-order chi connectivity index (χ0) is 15.6. The maximum absolute atomic E-state index is 6.05. The summed E-state index contributed by atoms with van der Waals surface area (Å²) in [6, 6.07) is 11.6. The van der Waals surface area contributed by atoms with Gasteiger partial charge >= 0.3 is 0 Å². The molecule has 2 rings (SSSR count). The number of hydrogen-bond donors (Lipinski definition) is 1. The van der Waals surface area contributed by atoms with Crippen LogP contribution in [0.4, 0.5) is 5.69 Å². The molecule has 0 heterocycles. The Labute approximate surface area is 126 Å². The molecule has 0 amide bonds. The van der Waals surface area contributed by atoms with Gasteiger partial charge in [-0.05, 0) is 18.4 Å². The number of nitrogen functional groups attached to an aromatic ring is 1. The Morgan fingerprint density at radius 2 is 1.62 bits per heavy atom. The molecule has 0 aromatic heterocycles. The van der Waals surface area contributed by atoms with E-state index in [1.165, 1.54) is 11.1 Å². The lowest BCUT2D eigenvalue weighted by Crippen LogP contribution is -2.12. The highest BCUT2D eigenvalue weighted by molar-refractivity contribution is 5.52. The smallest absolute Gasteiger partial charge is 0.133 e. The quantitative estimate of drug-likeness (QED) is 0.833. The van der Waals surface area contributed by atoms with Crippen molar-refractivity contribution in [2.45, 2.75) is 33.1 Å². The highest BCUT2D eigenvalue weighted by Gasteiger charge is 2.19. The molecule has 3 nitrogen and oxygen atoms in total. The summed E-state index contributed by atoms with van der Waals surface area (Å²) in [6.07, 6.45) is 0. The van der Waals surface area contributed by atoms with E-state index in [1.54, 1.807) is 19.2 Å². The summed E-state index contributed by atoms with van der Waals surface area (Å²) in [5.41, 5.74) is 8.89. The highest BCUT2D eigenvalue weighted by atomic mass is 16.5. The molecule has 2 aromatic rings. The molecule has 3 heteroatoms. The Hall–Kier alpha value is -2.16. The van der Waals surface area contributed by atoms with Crippen molar-refractivity contribution in [2.75, 3.05) is 12.8 Å². The molecule has 112 valence electrons. The Bertz CT molecular complexity index is 642. The van der Waals surface area contributed by atoms with E-state index < -0.39 is 0 Å². The summed E-state index contributed by atoms with van der Waals surface area (Å²) >= 11 is 0. The summed E-state index contributed by atoms with van der Waals surface area (Å²) < 4.78 is 11.3. The van der Waals surface area contributed by atoms with Crippen molar-refractivity contribution in [2.24, 2.45) is 0 Å². The van der Waals surface area contributed by atoms with E-state index in [2.05, 4.69) is 33.8 Å². The number of hydrogen-bond acceptors (Lipinski definition) is 3. The number of nitrogens with two attached hydrogens (primary N) is 1. The Balaban J connectivity index is 2.42. The van der Waals surface area contributed by atoms with Crippen molar-refractivity contribution in [3.8, 4) is 17.2 Å². The van der Waals surface area contributed by atoms with Crippen molar-refractivity contribution in [1.29, 1.82) is 0 Å². The van der Waals surface area contributed by atoms with E-state index in [4.69, 9.17) is 15.2 Å². The van der Waals surface area contributed by atoms with Gasteiger partial charge in [-0.15, -0.1) is 0 Å². The fourth-order valence-electron chi connectivity index (χ4n) is 2.22. The molecular formula is C18H23NO2. The van der Waals surface area contributed by atoms with Crippen molar-refractivity contribution in [3.05, 3.63) is 47.5 Å². The molecular weight excluding hydrogens is 262 g/mol. The SMILES string of the molecule is COc1cc(N)cc(Oc2ccc(C)cc2C(C)(C)C)c1. The van der Waals surface area contributed by atoms with E-state index >= 15 is 0 Å². The van der Waals surface area contributed by atoms with Crippen LogP contribution in [-0.4, -0.2) is 7.11 Å². The topological polar surface area (TPSA) is 44.5 Å². The van der Waals surface area contributed by atoms with Gasteiger partial charge in [-0.3, -0.25) is 0 Å². The van der Waals surface area contributed by atoms with E-state index in [0.29, 0.717) is 17.2 Å². The van der Waals surface area contributed by atoms with Crippen LogP contribution in [0.3, 0.4) is 0 Å². The average molecular weight is 285 g/mol.